The Morgan fingerprint density at radius 1 is 1.42 bits per heavy atom. The average molecular weight is 238 g/mol. The molecule has 0 aromatic carbocycles. The van der Waals surface area contributed by atoms with Gasteiger partial charge in [-0.1, -0.05) is 0 Å². The summed E-state index contributed by atoms with van der Waals surface area (Å²) in [6.07, 6.45) is 0.703. The minimum atomic E-state index is -0.833. The molecule has 1 rings (SSSR count). The first-order chi connectivity index (χ1) is 5.45. The van der Waals surface area contributed by atoms with Crippen molar-refractivity contribution in [2.45, 2.75) is 19.8 Å². The van der Waals surface area contributed by atoms with E-state index in [0.29, 0.717) is 12.8 Å². The van der Waals surface area contributed by atoms with Gasteiger partial charge in [0.15, 0.2) is 0 Å². The summed E-state index contributed by atoms with van der Waals surface area (Å²) >= 11 is 2.80. The summed E-state index contributed by atoms with van der Waals surface area (Å²) in [7, 11) is 0. The number of carbonyl (C=O) groups excluding carboxylic acids is 2. The lowest BCUT2D eigenvalue weighted by Crippen LogP contribution is -2.16. The van der Waals surface area contributed by atoms with Crippen LogP contribution in [0.3, 0.4) is 0 Å². The molecular formula is C6H8BrNO4. The lowest BCUT2D eigenvalue weighted by Gasteiger charge is -1.97. The second kappa shape index (κ2) is 4.87. The van der Waals surface area contributed by atoms with Crippen LogP contribution in [0.4, 0.5) is 0 Å². The monoisotopic (exact) mass is 237 g/mol. The molecule has 0 aromatic rings. The van der Waals surface area contributed by atoms with Crippen LogP contribution < -0.4 is 0 Å². The molecule has 0 atom stereocenters. The van der Waals surface area contributed by atoms with Crippen LogP contribution in [0.25, 0.3) is 0 Å². The Hall–Kier alpha value is -0.910. The van der Waals surface area contributed by atoms with Crippen LogP contribution in [0.2, 0.25) is 0 Å². The molecule has 1 saturated heterocycles. The van der Waals surface area contributed by atoms with E-state index in [2.05, 4.69) is 16.1 Å². The number of hydrogen-bond acceptors (Lipinski definition) is 3. The highest BCUT2D eigenvalue weighted by atomic mass is 79.9. The third kappa shape index (κ3) is 4.07. The molecule has 0 unspecified atom stereocenters. The molecular weight excluding hydrogens is 230 g/mol. The Labute approximate surface area is 77.7 Å². The van der Waals surface area contributed by atoms with Crippen molar-refractivity contribution >= 4 is 33.9 Å². The van der Waals surface area contributed by atoms with Crippen LogP contribution in [-0.2, 0) is 14.4 Å². The van der Waals surface area contributed by atoms with Crippen molar-refractivity contribution in [3.63, 3.8) is 0 Å². The molecule has 0 saturated carbocycles. The number of rotatable bonds is 0. The van der Waals surface area contributed by atoms with E-state index < -0.39 is 5.97 Å². The fraction of sp³-hybridized carbons (Fsp3) is 0.500. The molecule has 1 aliphatic rings. The number of aliphatic carboxylic acids is 1. The van der Waals surface area contributed by atoms with E-state index in [-0.39, 0.29) is 11.8 Å². The maximum absolute atomic E-state index is 10.4. The standard InChI is InChI=1S/C4H4BrNO2.C2H4O2/c5-6-3(7)1-2-4(6)8;1-2(3)4/h1-2H2;1H3,(H,3,4). The molecule has 1 fully saturated rings. The van der Waals surface area contributed by atoms with Gasteiger partial charge < -0.3 is 5.11 Å². The first-order valence-electron chi connectivity index (χ1n) is 3.16. The average Bonchev–Trinajstić information content (AvgIpc) is 2.19. The normalized spacial score (nSPS) is 15.7. The quantitative estimate of drug-likeness (QED) is 0.493. The summed E-state index contributed by atoms with van der Waals surface area (Å²) in [5.74, 6) is -1.12. The van der Waals surface area contributed by atoms with Crippen LogP contribution in [0.1, 0.15) is 19.8 Å². The largest absolute Gasteiger partial charge is 0.481 e. The van der Waals surface area contributed by atoms with E-state index in [4.69, 9.17) is 9.90 Å². The molecule has 1 aliphatic heterocycles. The molecule has 6 heteroatoms. The van der Waals surface area contributed by atoms with Gasteiger partial charge in [-0.25, -0.2) is 3.93 Å². The third-order valence-corrected chi connectivity index (χ3v) is 1.78. The number of carboxylic acids is 1. The van der Waals surface area contributed by atoms with Gasteiger partial charge in [-0.3, -0.25) is 14.4 Å². The molecule has 0 bridgehead atoms. The van der Waals surface area contributed by atoms with Crippen molar-refractivity contribution in [1.82, 2.24) is 3.93 Å². The molecule has 0 aromatic heterocycles. The van der Waals surface area contributed by atoms with Crippen LogP contribution in [0, 0.1) is 0 Å². The minimum absolute atomic E-state index is 0.144. The zero-order valence-corrected chi connectivity index (χ0v) is 8.00. The second-order valence-corrected chi connectivity index (χ2v) is 2.80. The fourth-order valence-electron chi connectivity index (χ4n) is 0.549. The summed E-state index contributed by atoms with van der Waals surface area (Å²) in [4.78, 5) is 29.9. The van der Waals surface area contributed by atoms with Crippen molar-refractivity contribution in [2.24, 2.45) is 0 Å². The van der Waals surface area contributed by atoms with Crippen molar-refractivity contribution in [3.05, 3.63) is 0 Å². The van der Waals surface area contributed by atoms with Crippen LogP contribution in [0.15, 0.2) is 0 Å². The van der Waals surface area contributed by atoms with Crippen molar-refractivity contribution < 1.29 is 19.5 Å². The molecule has 1 N–H and O–H groups in total. The molecule has 68 valence electrons. The van der Waals surface area contributed by atoms with Gasteiger partial charge in [0.25, 0.3) is 5.97 Å². The van der Waals surface area contributed by atoms with Crippen LogP contribution in [-0.4, -0.2) is 26.8 Å². The highest BCUT2D eigenvalue weighted by Crippen LogP contribution is 2.14. The van der Waals surface area contributed by atoms with E-state index in [1.54, 1.807) is 0 Å². The zero-order chi connectivity index (χ0) is 9.72. The van der Waals surface area contributed by atoms with Gasteiger partial charge in [-0.05, 0) is 0 Å². The molecule has 0 aliphatic carbocycles. The molecule has 0 radical (unpaired) electrons. The molecule has 2 amide bonds. The van der Waals surface area contributed by atoms with Crippen LogP contribution >= 0.6 is 16.1 Å². The molecule has 12 heavy (non-hydrogen) atoms. The second-order valence-electron chi connectivity index (χ2n) is 2.09. The predicted octanol–water partition coefficient (Wildman–Crippen LogP) is 0.536. The Bertz CT molecular complexity index is 196. The number of halogens is 1. The van der Waals surface area contributed by atoms with Crippen molar-refractivity contribution in [2.75, 3.05) is 0 Å². The van der Waals surface area contributed by atoms with E-state index in [1.807, 2.05) is 0 Å². The summed E-state index contributed by atoms with van der Waals surface area (Å²) < 4.78 is 0.979. The lowest BCUT2D eigenvalue weighted by molar-refractivity contribution is -0.134. The third-order valence-electron chi connectivity index (χ3n) is 0.991. The molecule has 0 spiro atoms. The number of hydrogen-bond donors (Lipinski definition) is 1. The number of carboxylic acid groups (broad SMARTS) is 1. The first-order valence-corrected chi connectivity index (χ1v) is 3.87. The molecule has 1 heterocycles. The smallest absolute Gasteiger partial charge is 0.300 e. The number of nitrogens with zero attached hydrogens (tertiary/aromatic N) is 1. The SMILES string of the molecule is CC(=O)O.O=C1CCC(=O)N1Br. The van der Waals surface area contributed by atoms with Gasteiger partial charge in [0.05, 0.1) is 16.1 Å². The summed E-state index contributed by atoms with van der Waals surface area (Å²) in [6.45, 7) is 1.08. The fourth-order valence-corrected chi connectivity index (χ4v) is 0.904. The van der Waals surface area contributed by atoms with Gasteiger partial charge >= 0.3 is 0 Å². The van der Waals surface area contributed by atoms with Crippen molar-refractivity contribution in [1.29, 1.82) is 0 Å². The van der Waals surface area contributed by atoms with Gasteiger partial charge in [0.2, 0.25) is 11.8 Å². The Morgan fingerprint density at radius 3 is 1.75 bits per heavy atom. The highest BCUT2D eigenvalue weighted by Gasteiger charge is 2.26. The van der Waals surface area contributed by atoms with Gasteiger partial charge in [0, 0.05) is 19.8 Å². The topological polar surface area (TPSA) is 74.7 Å². The highest BCUT2D eigenvalue weighted by molar-refractivity contribution is 9.08. The molecule has 5 nitrogen and oxygen atoms in total. The maximum atomic E-state index is 10.4. The summed E-state index contributed by atoms with van der Waals surface area (Å²) in [5, 5.41) is 7.42. The van der Waals surface area contributed by atoms with E-state index in [1.165, 1.54) is 0 Å². The van der Waals surface area contributed by atoms with Gasteiger partial charge in [-0.15, -0.1) is 0 Å². The number of carbonyl (C=O) groups is 3. The van der Waals surface area contributed by atoms with Gasteiger partial charge in [-0.2, -0.15) is 0 Å². The van der Waals surface area contributed by atoms with Crippen LogP contribution in [0.5, 0.6) is 0 Å². The minimum Gasteiger partial charge on any atom is -0.481 e. The first kappa shape index (κ1) is 11.1. The van der Waals surface area contributed by atoms with E-state index in [9.17, 15) is 9.59 Å². The number of imide groups is 1. The summed E-state index contributed by atoms with van der Waals surface area (Å²) in [6, 6.07) is 0. The van der Waals surface area contributed by atoms with E-state index in [0.717, 1.165) is 10.8 Å². The zero-order valence-electron chi connectivity index (χ0n) is 6.41. The maximum Gasteiger partial charge on any atom is 0.300 e. The Balaban J connectivity index is 0.000000261. The van der Waals surface area contributed by atoms with E-state index >= 15 is 0 Å². The predicted molar refractivity (Wildman–Crippen MR) is 43.3 cm³/mol. The number of amides is 2. The lowest BCUT2D eigenvalue weighted by atomic mass is 10.4. The van der Waals surface area contributed by atoms with Crippen molar-refractivity contribution in [3.8, 4) is 0 Å². The Morgan fingerprint density at radius 2 is 1.67 bits per heavy atom. The summed E-state index contributed by atoms with van der Waals surface area (Å²) in [5.41, 5.74) is 0. The Kier molecular flexibility index (Phi) is 4.50. The van der Waals surface area contributed by atoms with Gasteiger partial charge in [0.1, 0.15) is 0 Å².